The van der Waals surface area contributed by atoms with Crippen LogP contribution in [0, 0.1) is 18.8 Å². The summed E-state index contributed by atoms with van der Waals surface area (Å²) in [6.07, 6.45) is 6.03. The van der Waals surface area contributed by atoms with Crippen molar-refractivity contribution in [2.24, 2.45) is 11.8 Å². The molecule has 1 aromatic carbocycles. The van der Waals surface area contributed by atoms with E-state index >= 15 is 0 Å². The fourth-order valence-corrected chi connectivity index (χ4v) is 4.62. The zero-order chi connectivity index (χ0) is 22.4. The molecule has 1 N–H and O–H groups in total. The smallest absolute Gasteiger partial charge is 0.251 e. The lowest BCUT2D eigenvalue weighted by Gasteiger charge is -2.36. The van der Waals surface area contributed by atoms with E-state index in [1.54, 1.807) is 6.07 Å². The van der Waals surface area contributed by atoms with Gasteiger partial charge in [0.05, 0.1) is 0 Å². The molecule has 0 bridgehead atoms. The second kappa shape index (κ2) is 10.8. The summed E-state index contributed by atoms with van der Waals surface area (Å²) in [5.74, 6) is 0.0000558. The molecule has 3 amide bonds. The molecule has 0 radical (unpaired) electrons. The monoisotopic (exact) mass is 427 g/mol. The summed E-state index contributed by atoms with van der Waals surface area (Å²) < 4.78 is 0. The quantitative estimate of drug-likeness (QED) is 0.783. The molecule has 0 aliphatic carbocycles. The standard InChI is InChI=1S/C25H37N3O3/c1-18(2)22(26-23(29)21-10-8-9-19(3)17-21)25(31)28-15-11-20(12-16-28)24(30)27-13-6-4-5-7-14-27/h8-10,17-18,20,22H,4-7,11-16H2,1-3H3,(H,26,29)/t22-/m0/s1. The van der Waals surface area contributed by atoms with Crippen molar-refractivity contribution in [2.75, 3.05) is 26.2 Å². The Morgan fingerprint density at radius 1 is 0.935 bits per heavy atom. The Labute approximate surface area is 186 Å². The van der Waals surface area contributed by atoms with Crippen LogP contribution in [0.25, 0.3) is 0 Å². The molecule has 0 saturated carbocycles. The normalized spacial score (nSPS) is 19.1. The molecule has 2 aliphatic rings. The lowest BCUT2D eigenvalue weighted by molar-refractivity contribution is -0.142. The Hall–Kier alpha value is -2.37. The summed E-state index contributed by atoms with van der Waals surface area (Å²) in [5, 5.41) is 2.94. The van der Waals surface area contributed by atoms with Gasteiger partial charge >= 0.3 is 0 Å². The molecule has 2 aliphatic heterocycles. The molecule has 0 aromatic heterocycles. The van der Waals surface area contributed by atoms with Crippen LogP contribution in [0.3, 0.4) is 0 Å². The van der Waals surface area contributed by atoms with Crippen LogP contribution in [0.2, 0.25) is 0 Å². The summed E-state index contributed by atoms with van der Waals surface area (Å²) in [4.78, 5) is 42.7. The van der Waals surface area contributed by atoms with Gasteiger partial charge in [-0.15, -0.1) is 0 Å². The largest absolute Gasteiger partial charge is 0.342 e. The van der Waals surface area contributed by atoms with E-state index in [9.17, 15) is 14.4 Å². The van der Waals surface area contributed by atoms with E-state index in [0.717, 1.165) is 31.5 Å². The van der Waals surface area contributed by atoms with Gasteiger partial charge in [-0.3, -0.25) is 14.4 Å². The maximum atomic E-state index is 13.2. The van der Waals surface area contributed by atoms with Gasteiger partial charge in [0.2, 0.25) is 11.8 Å². The molecular weight excluding hydrogens is 390 g/mol. The summed E-state index contributed by atoms with van der Waals surface area (Å²) in [6, 6.07) is 6.83. The minimum Gasteiger partial charge on any atom is -0.342 e. The minimum absolute atomic E-state index is 0.0153. The first kappa shape index (κ1) is 23.3. The Balaban J connectivity index is 1.57. The number of carbonyl (C=O) groups is 3. The second-order valence-electron chi connectivity index (χ2n) is 9.40. The number of piperidine rings is 1. The molecule has 2 fully saturated rings. The van der Waals surface area contributed by atoms with Gasteiger partial charge in [0.1, 0.15) is 6.04 Å². The zero-order valence-corrected chi connectivity index (χ0v) is 19.2. The van der Waals surface area contributed by atoms with Gasteiger partial charge in [0.25, 0.3) is 5.91 Å². The van der Waals surface area contributed by atoms with E-state index in [1.165, 1.54) is 12.8 Å². The highest BCUT2D eigenvalue weighted by Crippen LogP contribution is 2.23. The summed E-state index contributed by atoms with van der Waals surface area (Å²) in [5.41, 5.74) is 1.58. The van der Waals surface area contributed by atoms with E-state index in [2.05, 4.69) is 5.32 Å². The number of nitrogens with one attached hydrogen (secondary N) is 1. The number of likely N-dealkylation sites (tertiary alicyclic amines) is 2. The molecule has 31 heavy (non-hydrogen) atoms. The maximum Gasteiger partial charge on any atom is 0.251 e. The highest BCUT2D eigenvalue weighted by atomic mass is 16.2. The number of nitrogens with zero attached hydrogens (tertiary/aromatic N) is 2. The first-order valence-electron chi connectivity index (χ1n) is 11.8. The lowest BCUT2D eigenvalue weighted by atomic mass is 9.93. The van der Waals surface area contributed by atoms with Crippen molar-refractivity contribution in [3.8, 4) is 0 Å². The topological polar surface area (TPSA) is 69.7 Å². The van der Waals surface area contributed by atoms with Crippen LogP contribution in [0.1, 0.15) is 68.3 Å². The fourth-order valence-electron chi connectivity index (χ4n) is 4.62. The molecule has 2 saturated heterocycles. The van der Waals surface area contributed by atoms with E-state index in [-0.39, 0.29) is 29.6 Å². The number of benzene rings is 1. The molecule has 170 valence electrons. The first-order chi connectivity index (χ1) is 14.9. The van der Waals surface area contributed by atoms with Gasteiger partial charge in [-0.2, -0.15) is 0 Å². The van der Waals surface area contributed by atoms with E-state index < -0.39 is 6.04 Å². The van der Waals surface area contributed by atoms with Crippen LogP contribution < -0.4 is 5.32 Å². The van der Waals surface area contributed by atoms with Crippen molar-refractivity contribution in [1.29, 1.82) is 0 Å². The predicted octanol–water partition coefficient (Wildman–Crippen LogP) is 3.39. The molecule has 3 rings (SSSR count). The second-order valence-corrected chi connectivity index (χ2v) is 9.40. The molecule has 1 aromatic rings. The molecule has 0 spiro atoms. The maximum absolute atomic E-state index is 13.2. The van der Waals surface area contributed by atoms with Crippen molar-refractivity contribution in [1.82, 2.24) is 15.1 Å². The third kappa shape index (κ3) is 6.08. The van der Waals surface area contributed by atoms with Gasteiger partial charge < -0.3 is 15.1 Å². The number of hydrogen-bond donors (Lipinski definition) is 1. The van der Waals surface area contributed by atoms with E-state index in [4.69, 9.17) is 0 Å². The predicted molar refractivity (Wildman–Crippen MR) is 122 cm³/mol. The summed E-state index contributed by atoms with van der Waals surface area (Å²) in [7, 11) is 0. The Morgan fingerprint density at radius 2 is 1.58 bits per heavy atom. The van der Waals surface area contributed by atoms with E-state index in [0.29, 0.717) is 31.5 Å². The summed E-state index contributed by atoms with van der Waals surface area (Å²) in [6.45, 7) is 8.75. The van der Waals surface area contributed by atoms with Crippen molar-refractivity contribution in [3.05, 3.63) is 35.4 Å². The number of aryl methyl sites for hydroxylation is 1. The zero-order valence-electron chi connectivity index (χ0n) is 19.2. The Morgan fingerprint density at radius 3 is 2.16 bits per heavy atom. The van der Waals surface area contributed by atoms with Crippen LogP contribution >= 0.6 is 0 Å². The fraction of sp³-hybridized carbons (Fsp3) is 0.640. The molecular formula is C25H37N3O3. The third-order valence-corrected chi connectivity index (χ3v) is 6.57. The number of hydrogen-bond acceptors (Lipinski definition) is 3. The van der Waals surface area contributed by atoms with Crippen LogP contribution in [0.15, 0.2) is 24.3 Å². The SMILES string of the molecule is Cc1cccc(C(=O)N[C@H](C(=O)N2CCC(C(=O)N3CCCCCC3)CC2)C(C)C)c1. The van der Waals surface area contributed by atoms with Gasteiger partial charge in [0, 0.05) is 37.7 Å². The lowest BCUT2D eigenvalue weighted by Crippen LogP contribution is -2.53. The average Bonchev–Trinajstić information content (AvgIpc) is 3.06. The van der Waals surface area contributed by atoms with Crippen molar-refractivity contribution in [2.45, 2.75) is 65.3 Å². The molecule has 6 nitrogen and oxygen atoms in total. The molecule has 6 heteroatoms. The highest BCUT2D eigenvalue weighted by Gasteiger charge is 2.34. The average molecular weight is 428 g/mol. The van der Waals surface area contributed by atoms with Crippen LogP contribution in [0.4, 0.5) is 0 Å². The van der Waals surface area contributed by atoms with E-state index in [1.807, 2.05) is 48.8 Å². The summed E-state index contributed by atoms with van der Waals surface area (Å²) >= 11 is 0. The number of amides is 3. The van der Waals surface area contributed by atoms with Gasteiger partial charge in [0.15, 0.2) is 0 Å². The van der Waals surface area contributed by atoms with Gasteiger partial charge in [-0.1, -0.05) is 44.4 Å². The molecule has 1 atom stereocenters. The Bertz CT molecular complexity index is 776. The van der Waals surface area contributed by atoms with Gasteiger partial charge in [-0.25, -0.2) is 0 Å². The number of rotatable bonds is 5. The minimum atomic E-state index is -0.564. The number of carbonyl (C=O) groups excluding carboxylic acids is 3. The van der Waals surface area contributed by atoms with Crippen LogP contribution in [-0.4, -0.2) is 59.7 Å². The van der Waals surface area contributed by atoms with Gasteiger partial charge in [-0.05, 0) is 50.7 Å². The third-order valence-electron chi connectivity index (χ3n) is 6.57. The molecule has 0 unspecified atom stereocenters. The van der Waals surface area contributed by atoms with Crippen molar-refractivity contribution in [3.63, 3.8) is 0 Å². The van der Waals surface area contributed by atoms with Crippen LogP contribution in [0.5, 0.6) is 0 Å². The highest BCUT2D eigenvalue weighted by molar-refractivity contribution is 5.97. The molecule has 2 heterocycles. The van der Waals surface area contributed by atoms with Crippen molar-refractivity contribution >= 4 is 17.7 Å². The first-order valence-corrected chi connectivity index (χ1v) is 11.8. The van der Waals surface area contributed by atoms with Crippen molar-refractivity contribution < 1.29 is 14.4 Å². The Kier molecular flexibility index (Phi) is 8.10. The van der Waals surface area contributed by atoms with Crippen LogP contribution in [-0.2, 0) is 9.59 Å².